The summed E-state index contributed by atoms with van der Waals surface area (Å²) in [5.74, 6) is 0.640. The lowest BCUT2D eigenvalue weighted by molar-refractivity contribution is 0.173. The summed E-state index contributed by atoms with van der Waals surface area (Å²) in [6.07, 6.45) is 0. The molecule has 0 saturated heterocycles. The topological polar surface area (TPSA) is 9.23 Å². The van der Waals surface area contributed by atoms with Gasteiger partial charge in [-0.1, -0.05) is 51.3 Å². The van der Waals surface area contributed by atoms with Crippen LogP contribution in [0.4, 0.5) is 8.78 Å². The summed E-state index contributed by atoms with van der Waals surface area (Å²) in [7, 11) is 3.14. The predicted molar refractivity (Wildman–Crippen MR) is 87.9 cm³/mol. The van der Waals surface area contributed by atoms with E-state index in [1.165, 1.54) is 17.2 Å². The van der Waals surface area contributed by atoms with Gasteiger partial charge in [-0.25, -0.2) is 0 Å². The molecule has 0 heterocycles. The fraction of sp³-hybridized carbons (Fsp3) is 0.125. The zero-order valence-corrected chi connectivity index (χ0v) is 13.4. The third-order valence-electron chi connectivity index (χ3n) is 2.82. The molecule has 21 heavy (non-hydrogen) atoms. The Labute approximate surface area is 129 Å². The second-order valence-corrected chi connectivity index (χ2v) is 5.98. The van der Waals surface area contributed by atoms with E-state index in [1.54, 1.807) is 40.6 Å². The summed E-state index contributed by atoms with van der Waals surface area (Å²) in [4.78, 5) is 0.915. The molecule has 0 amide bonds. The first-order valence-electron chi connectivity index (χ1n) is 6.24. The van der Waals surface area contributed by atoms with Crippen molar-refractivity contribution in [2.45, 2.75) is 10.6 Å². The van der Waals surface area contributed by atoms with Crippen molar-refractivity contribution in [2.75, 3.05) is 7.11 Å². The molecule has 5 heteroatoms. The van der Waals surface area contributed by atoms with E-state index in [1.807, 2.05) is 30.3 Å². The van der Waals surface area contributed by atoms with Gasteiger partial charge in [0.2, 0.25) is 0 Å². The van der Waals surface area contributed by atoms with Gasteiger partial charge in [-0.05, 0) is 35.2 Å². The highest BCUT2D eigenvalue weighted by Crippen LogP contribution is 2.40. The second kappa shape index (κ2) is 7.06. The maximum Gasteiger partial charge on any atom is 0.284 e. The molecular formula is C16H15F2OPS. The van der Waals surface area contributed by atoms with Crippen LogP contribution >= 0.6 is 21.0 Å². The number of methoxy groups -OCH3 is 1. The van der Waals surface area contributed by atoms with Crippen LogP contribution in [0, 0.1) is 0 Å². The number of thioether (sulfide) groups is 1. The minimum absolute atomic E-state index is 0.0380. The Morgan fingerprint density at radius 3 is 2.24 bits per heavy atom. The first-order valence-corrected chi connectivity index (χ1v) is 7.70. The van der Waals surface area contributed by atoms with Crippen LogP contribution in [0.5, 0.6) is 5.75 Å². The third kappa shape index (κ3) is 4.55. The van der Waals surface area contributed by atoms with Gasteiger partial charge < -0.3 is 4.74 Å². The quantitative estimate of drug-likeness (QED) is 0.545. The normalized spacial score (nSPS) is 12.3. The molecule has 0 radical (unpaired) electrons. The van der Waals surface area contributed by atoms with Gasteiger partial charge in [0.05, 0.1) is 7.11 Å². The lowest BCUT2D eigenvalue weighted by Crippen LogP contribution is -2.07. The van der Waals surface area contributed by atoms with Crippen LogP contribution in [0.25, 0.3) is 5.57 Å². The van der Waals surface area contributed by atoms with Crippen molar-refractivity contribution in [2.24, 2.45) is 0 Å². The molecule has 0 saturated carbocycles. The van der Waals surface area contributed by atoms with E-state index in [0.717, 1.165) is 4.90 Å². The zero-order chi connectivity index (χ0) is 15.3. The van der Waals surface area contributed by atoms with Crippen molar-refractivity contribution in [3.05, 3.63) is 65.6 Å². The maximum absolute atomic E-state index is 13.8. The number of hydrogen-bond donors (Lipinski definition) is 0. The van der Waals surface area contributed by atoms with Crippen LogP contribution in [0.3, 0.4) is 0 Å². The van der Waals surface area contributed by atoms with Crippen LogP contribution in [0.2, 0.25) is 0 Å². The van der Waals surface area contributed by atoms with Gasteiger partial charge in [0.25, 0.3) is 5.66 Å². The minimum Gasteiger partial charge on any atom is -0.497 e. The summed E-state index contributed by atoms with van der Waals surface area (Å²) < 4.78 is 32.7. The summed E-state index contributed by atoms with van der Waals surface area (Å²) in [5, 5.41) is 1.49. The molecule has 1 nitrogen and oxygen atoms in total. The summed E-state index contributed by atoms with van der Waals surface area (Å²) in [5.41, 5.74) is -2.56. The summed E-state index contributed by atoms with van der Waals surface area (Å²) >= 11 is 1.27. The van der Waals surface area contributed by atoms with Gasteiger partial charge in [-0.15, -0.1) is 0 Å². The van der Waals surface area contributed by atoms with E-state index in [4.69, 9.17) is 4.74 Å². The molecule has 1 unspecified atom stereocenters. The first kappa shape index (κ1) is 16.0. The molecule has 0 aliphatic rings. The van der Waals surface area contributed by atoms with Crippen LogP contribution in [-0.2, 0) is 0 Å². The number of allylic oxidation sites excluding steroid dienone is 1. The van der Waals surface area contributed by atoms with Crippen LogP contribution < -0.4 is 4.74 Å². The highest BCUT2D eigenvalue weighted by Gasteiger charge is 2.29. The molecule has 110 valence electrons. The molecule has 1 atom stereocenters. The van der Waals surface area contributed by atoms with Gasteiger partial charge in [0, 0.05) is 10.5 Å². The fourth-order valence-electron chi connectivity index (χ4n) is 1.74. The van der Waals surface area contributed by atoms with Crippen molar-refractivity contribution < 1.29 is 13.5 Å². The number of hydrogen-bond acceptors (Lipinski definition) is 2. The van der Waals surface area contributed by atoms with Gasteiger partial charge in [0.15, 0.2) is 0 Å². The molecular weight excluding hydrogens is 309 g/mol. The summed E-state index contributed by atoms with van der Waals surface area (Å²) in [6.45, 7) is 0. The lowest BCUT2D eigenvalue weighted by atomic mass is 10.1. The Bertz CT molecular complexity index is 606. The number of halogens is 2. The van der Waals surface area contributed by atoms with Gasteiger partial charge >= 0.3 is 0 Å². The Kier molecular flexibility index (Phi) is 5.38. The third-order valence-corrected chi connectivity index (χ3v) is 4.03. The Hall–Kier alpha value is -1.38. The molecule has 0 N–H and O–H groups in total. The Morgan fingerprint density at radius 2 is 1.71 bits per heavy atom. The van der Waals surface area contributed by atoms with Crippen LogP contribution in [0.15, 0.2) is 64.9 Å². The SMILES string of the molecule is COc1ccc(/C(=C/Sc2ccccc2)C(F)(F)P)cc1. The van der Waals surface area contributed by atoms with Gasteiger partial charge in [0.1, 0.15) is 5.75 Å². The van der Waals surface area contributed by atoms with E-state index in [0.29, 0.717) is 11.3 Å². The standard InChI is InChI=1S/C16H15F2OPS/c1-19-13-9-7-12(8-10-13)15(16(17,18)20)11-21-14-5-3-2-4-6-14/h2-11H,20H2,1H3/b15-11-. The van der Waals surface area contributed by atoms with Crippen molar-refractivity contribution in [3.63, 3.8) is 0 Å². The van der Waals surface area contributed by atoms with Crippen LogP contribution in [-0.4, -0.2) is 12.8 Å². The fourth-order valence-corrected chi connectivity index (χ4v) is 2.97. The number of alkyl halides is 2. The average Bonchev–Trinajstić information content (AvgIpc) is 2.48. The van der Waals surface area contributed by atoms with E-state index in [2.05, 4.69) is 0 Å². The van der Waals surface area contributed by atoms with E-state index < -0.39 is 5.66 Å². The molecule has 2 aromatic carbocycles. The first-order chi connectivity index (χ1) is 10.0. The number of ether oxygens (including phenoxy) is 1. The number of rotatable bonds is 5. The zero-order valence-electron chi connectivity index (χ0n) is 11.4. The average molecular weight is 324 g/mol. The highest BCUT2D eigenvalue weighted by molar-refractivity contribution is 8.02. The van der Waals surface area contributed by atoms with Gasteiger partial charge in [-0.2, -0.15) is 8.78 Å². The molecule has 2 aromatic rings. The molecule has 0 aliphatic heterocycles. The Balaban J connectivity index is 2.30. The molecule has 0 bridgehead atoms. The highest BCUT2D eigenvalue weighted by atomic mass is 32.2. The van der Waals surface area contributed by atoms with Crippen molar-refractivity contribution in [3.8, 4) is 5.75 Å². The smallest absolute Gasteiger partial charge is 0.284 e. The van der Waals surface area contributed by atoms with E-state index in [-0.39, 0.29) is 5.57 Å². The minimum atomic E-state index is -2.99. The molecule has 0 aliphatic carbocycles. The molecule has 0 fully saturated rings. The van der Waals surface area contributed by atoms with Crippen LogP contribution in [0.1, 0.15) is 5.56 Å². The number of benzene rings is 2. The van der Waals surface area contributed by atoms with E-state index >= 15 is 0 Å². The summed E-state index contributed by atoms with van der Waals surface area (Å²) in [6, 6.07) is 16.0. The van der Waals surface area contributed by atoms with E-state index in [9.17, 15) is 8.78 Å². The monoisotopic (exact) mass is 324 g/mol. The maximum atomic E-state index is 13.8. The molecule has 2 rings (SSSR count). The van der Waals surface area contributed by atoms with Crippen molar-refractivity contribution in [1.29, 1.82) is 0 Å². The lowest BCUT2D eigenvalue weighted by Gasteiger charge is -2.16. The molecule has 0 aromatic heterocycles. The molecule has 0 spiro atoms. The largest absolute Gasteiger partial charge is 0.497 e. The second-order valence-electron chi connectivity index (χ2n) is 4.31. The Morgan fingerprint density at radius 1 is 1.10 bits per heavy atom. The van der Waals surface area contributed by atoms with Crippen molar-refractivity contribution >= 4 is 26.6 Å². The van der Waals surface area contributed by atoms with Crippen molar-refractivity contribution in [1.82, 2.24) is 0 Å². The predicted octanol–water partition coefficient (Wildman–Crippen LogP) is 5.30. The van der Waals surface area contributed by atoms with Gasteiger partial charge in [-0.3, -0.25) is 0 Å².